The van der Waals surface area contributed by atoms with Gasteiger partial charge in [0.05, 0.1) is 0 Å². The molecule has 0 aromatic carbocycles. The Bertz CT molecular complexity index is 274. The molecule has 0 rings (SSSR count). The molecule has 0 heterocycles. The van der Waals surface area contributed by atoms with Gasteiger partial charge in [0.1, 0.15) is 7.28 Å². The van der Waals surface area contributed by atoms with Crippen molar-refractivity contribution in [2.24, 2.45) is 11.3 Å². The number of unbranched alkanes of at least 4 members (excludes halogenated alkanes) is 7. The fraction of sp³-hybridized carbons (Fsp3) is 1.00. The average Bonchev–Trinajstić information content (AvgIpc) is 2.48. The van der Waals surface area contributed by atoms with Gasteiger partial charge in [-0.15, -0.1) is 0 Å². The minimum Gasteiger partial charge on any atom is -0.0720 e. The highest BCUT2D eigenvalue weighted by Crippen LogP contribution is 2.39. The molecule has 0 aromatic heterocycles. The third kappa shape index (κ3) is 15.6. The molecule has 0 N–H and O–H groups in total. The van der Waals surface area contributed by atoms with Crippen LogP contribution in [0, 0.1) is 11.3 Å². The van der Waals surface area contributed by atoms with Gasteiger partial charge < -0.3 is 0 Å². The molecule has 24 heavy (non-hydrogen) atoms. The van der Waals surface area contributed by atoms with Crippen molar-refractivity contribution in [3.05, 3.63) is 0 Å². The fourth-order valence-electron chi connectivity index (χ4n) is 3.84. The second-order valence-corrected chi connectivity index (χ2v) is 10.3. The standard InChI is InChI=1S/C23H49B/c1-8-10-12-14-16-18-21(17-15-13-11-9-2)19-23(6,7)24-20-22(3,4)5/h21,24H,8-20H2,1-7H3. The third-order valence-corrected chi connectivity index (χ3v) is 5.57. The van der Waals surface area contributed by atoms with Crippen molar-refractivity contribution < 1.29 is 0 Å². The molecule has 0 spiro atoms. The highest BCUT2D eigenvalue weighted by Gasteiger charge is 2.26. The monoisotopic (exact) mass is 336 g/mol. The van der Waals surface area contributed by atoms with E-state index >= 15 is 0 Å². The van der Waals surface area contributed by atoms with E-state index in [0.717, 1.165) is 5.92 Å². The zero-order chi connectivity index (χ0) is 18.5. The van der Waals surface area contributed by atoms with Crippen LogP contribution in [-0.2, 0) is 0 Å². The molecular formula is C23H49B. The van der Waals surface area contributed by atoms with E-state index < -0.39 is 0 Å². The molecule has 0 amide bonds. The zero-order valence-electron chi connectivity index (χ0n) is 18.5. The van der Waals surface area contributed by atoms with Crippen molar-refractivity contribution in [3.63, 3.8) is 0 Å². The highest BCUT2D eigenvalue weighted by atomic mass is 14.2. The maximum Gasteiger partial charge on any atom is 0.127 e. The van der Waals surface area contributed by atoms with Gasteiger partial charge in [0.25, 0.3) is 0 Å². The van der Waals surface area contributed by atoms with E-state index in [4.69, 9.17) is 0 Å². The smallest absolute Gasteiger partial charge is 0.0720 e. The molecule has 1 atom stereocenters. The Morgan fingerprint density at radius 2 is 1.12 bits per heavy atom. The van der Waals surface area contributed by atoms with Crippen LogP contribution in [0.1, 0.15) is 126 Å². The van der Waals surface area contributed by atoms with E-state index in [2.05, 4.69) is 48.5 Å². The Balaban J connectivity index is 4.32. The first kappa shape index (κ1) is 24.1. The van der Waals surface area contributed by atoms with E-state index in [1.54, 1.807) is 0 Å². The topological polar surface area (TPSA) is 0 Å². The van der Waals surface area contributed by atoms with Gasteiger partial charge >= 0.3 is 0 Å². The molecular weight excluding hydrogens is 287 g/mol. The summed E-state index contributed by atoms with van der Waals surface area (Å²) in [5.74, 6) is 0.971. The lowest BCUT2D eigenvalue weighted by Crippen LogP contribution is -2.22. The van der Waals surface area contributed by atoms with Crippen LogP contribution in [0.4, 0.5) is 0 Å². The fourth-order valence-corrected chi connectivity index (χ4v) is 3.84. The lowest BCUT2D eigenvalue weighted by atomic mass is 9.46. The second kappa shape index (κ2) is 13.3. The van der Waals surface area contributed by atoms with Crippen LogP contribution in [0.2, 0.25) is 11.6 Å². The molecule has 144 valence electrons. The van der Waals surface area contributed by atoms with Gasteiger partial charge in [-0.05, 0) is 11.3 Å². The predicted molar refractivity (Wildman–Crippen MR) is 116 cm³/mol. The Labute approximate surface area is 156 Å². The number of rotatable bonds is 15. The highest BCUT2D eigenvalue weighted by molar-refractivity contribution is 6.39. The lowest BCUT2D eigenvalue weighted by Gasteiger charge is -2.32. The summed E-state index contributed by atoms with van der Waals surface area (Å²) in [7, 11) is 1.39. The summed E-state index contributed by atoms with van der Waals surface area (Å²) in [6, 6.07) is 0. The summed E-state index contributed by atoms with van der Waals surface area (Å²) in [4.78, 5) is 0. The van der Waals surface area contributed by atoms with Gasteiger partial charge in [0.2, 0.25) is 0 Å². The summed E-state index contributed by atoms with van der Waals surface area (Å²) < 4.78 is 0. The maximum absolute atomic E-state index is 2.52. The van der Waals surface area contributed by atoms with Gasteiger partial charge in [-0.2, -0.15) is 0 Å². The summed E-state index contributed by atoms with van der Waals surface area (Å²) >= 11 is 0. The van der Waals surface area contributed by atoms with Crippen LogP contribution in [0.5, 0.6) is 0 Å². The Kier molecular flexibility index (Phi) is 13.3. The van der Waals surface area contributed by atoms with Crippen molar-refractivity contribution in [1.82, 2.24) is 0 Å². The van der Waals surface area contributed by atoms with Gasteiger partial charge in [0, 0.05) is 0 Å². The first-order chi connectivity index (χ1) is 11.2. The van der Waals surface area contributed by atoms with Crippen LogP contribution in [0.3, 0.4) is 0 Å². The first-order valence-corrected chi connectivity index (χ1v) is 11.2. The van der Waals surface area contributed by atoms with Gasteiger partial charge in [0.15, 0.2) is 0 Å². The Morgan fingerprint density at radius 1 is 0.667 bits per heavy atom. The first-order valence-electron chi connectivity index (χ1n) is 11.2. The van der Waals surface area contributed by atoms with Crippen molar-refractivity contribution in [3.8, 4) is 0 Å². The molecule has 0 aliphatic heterocycles. The van der Waals surface area contributed by atoms with Crippen molar-refractivity contribution >= 4 is 7.28 Å². The van der Waals surface area contributed by atoms with Crippen molar-refractivity contribution in [2.45, 2.75) is 137 Å². The molecule has 0 nitrogen and oxygen atoms in total. The van der Waals surface area contributed by atoms with Crippen LogP contribution >= 0.6 is 0 Å². The number of hydrogen-bond acceptors (Lipinski definition) is 0. The Hall–Kier alpha value is 0.0649. The van der Waals surface area contributed by atoms with Gasteiger partial charge in [-0.3, -0.25) is 0 Å². The van der Waals surface area contributed by atoms with Crippen LogP contribution < -0.4 is 0 Å². The number of hydrogen-bond donors (Lipinski definition) is 0. The van der Waals surface area contributed by atoms with Gasteiger partial charge in [-0.25, -0.2) is 0 Å². The van der Waals surface area contributed by atoms with Crippen molar-refractivity contribution in [2.75, 3.05) is 0 Å². The molecule has 0 saturated carbocycles. The summed E-state index contributed by atoms with van der Waals surface area (Å²) in [5.41, 5.74) is 0.480. The van der Waals surface area contributed by atoms with E-state index in [1.165, 1.54) is 90.6 Å². The molecule has 1 heteroatoms. The SMILES string of the molecule is CCCCCCCC(CCCCCC)CC(C)(C)BCC(C)(C)C. The van der Waals surface area contributed by atoms with Crippen LogP contribution in [0.15, 0.2) is 0 Å². The minimum absolute atomic E-state index is 0.480. The quantitative estimate of drug-likeness (QED) is 0.208. The summed E-state index contributed by atoms with van der Waals surface area (Å²) in [5, 5.41) is 0.520. The molecule has 0 fully saturated rings. The average molecular weight is 336 g/mol. The summed E-state index contributed by atoms with van der Waals surface area (Å²) in [6.07, 6.45) is 18.6. The van der Waals surface area contributed by atoms with Crippen LogP contribution in [-0.4, -0.2) is 7.28 Å². The second-order valence-electron chi connectivity index (χ2n) is 10.3. The normalized spacial score (nSPS) is 14.0. The molecule has 1 unspecified atom stereocenters. The van der Waals surface area contributed by atoms with Gasteiger partial charge in [-0.1, -0.05) is 137 Å². The molecule has 0 aromatic rings. The largest absolute Gasteiger partial charge is 0.127 e. The molecule has 0 bridgehead atoms. The Morgan fingerprint density at radius 3 is 1.58 bits per heavy atom. The minimum atomic E-state index is 0.480. The molecule has 0 saturated heterocycles. The lowest BCUT2D eigenvalue weighted by molar-refractivity contribution is 0.343. The molecule has 0 aliphatic carbocycles. The summed E-state index contributed by atoms with van der Waals surface area (Å²) in [6.45, 7) is 16.8. The van der Waals surface area contributed by atoms with E-state index in [9.17, 15) is 0 Å². The van der Waals surface area contributed by atoms with E-state index in [1.807, 2.05) is 0 Å². The van der Waals surface area contributed by atoms with E-state index in [-0.39, 0.29) is 0 Å². The van der Waals surface area contributed by atoms with E-state index in [0.29, 0.717) is 10.7 Å². The molecule has 0 radical (unpaired) electrons. The third-order valence-electron chi connectivity index (χ3n) is 5.57. The van der Waals surface area contributed by atoms with Crippen molar-refractivity contribution in [1.29, 1.82) is 0 Å². The molecule has 0 aliphatic rings. The van der Waals surface area contributed by atoms with Crippen LogP contribution in [0.25, 0.3) is 0 Å². The maximum atomic E-state index is 2.52. The zero-order valence-corrected chi connectivity index (χ0v) is 18.5. The predicted octanol–water partition coefficient (Wildman–Crippen LogP) is 8.42.